The Labute approximate surface area is 562 Å². The van der Waals surface area contributed by atoms with Gasteiger partial charge in [-0.1, -0.05) is 43.6 Å². The first-order valence-electron chi connectivity index (χ1n) is 33.9. The third-order valence-corrected chi connectivity index (χ3v) is 21.4. The van der Waals surface area contributed by atoms with Crippen molar-refractivity contribution >= 4 is 58.4 Å². The van der Waals surface area contributed by atoms with Gasteiger partial charge in [0.1, 0.15) is 46.8 Å². The summed E-state index contributed by atoms with van der Waals surface area (Å²) >= 11 is 1.57. The van der Waals surface area contributed by atoms with Crippen molar-refractivity contribution in [2.24, 2.45) is 23.5 Å². The van der Waals surface area contributed by atoms with Crippen LogP contribution in [0.4, 0.5) is 5.69 Å². The summed E-state index contributed by atoms with van der Waals surface area (Å²) in [5.41, 5.74) is 7.81. The number of phenolic OH excluding ortho intramolecular Hbond substituents is 1. The molecule has 1 aromatic heterocycles. The number of hydrogen-bond acceptors (Lipinski definition) is 23. The number of nitrogens with two attached hydrogens (primary N) is 1. The molecule has 5 heterocycles. The summed E-state index contributed by atoms with van der Waals surface area (Å²) in [5, 5.41) is 116. The van der Waals surface area contributed by atoms with Gasteiger partial charge >= 0.3 is 0 Å². The molecule has 4 saturated heterocycles. The van der Waals surface area contributed by atoms with Crippen molar-refractivity contribution in [1.29, 1.82) is 0 Å². The molecule has 0 unspecified atom stereocenters. The summed E-state index contributed by atoms with van der Waals surface area (Å²) in [6.45, 7) is 3.96. The zero-order chi connectivity index (χ0) is 69.0. The van der Waals surface area contributed by atoms with Crippen LogP contribution >= 0.6 is 11.3 Å². The van der Waals surface area contributed by atoms with Gasteiger partial charge in [-0.15, -0.1) is 10.2 Å². The molecule has 2 saturated carbocycles. The highest BCUT2D eigenvalue weighted by atomic mass is 32.1. The summed E-state index contributed by atoms with van der Waals surface area (Å²) in [5.74, 6) is -8.02. The molecule has 6 fully saturated rings. The average molecular weight is 1360 g/mol. The molecule has 2 aliphatic carbocycles. The Morgan fingerprint density at radius 1 is 0.792 bits per heavy atom. The Hall–Kier alpha value is -6.71. The number of primary amides is 1. The number of phenols is 1. The van der Waals surface area contributed by atoms with Crippen LogP contribution in [0.15, 0.2) is 42.5 Å². The van der Waals surface area contributed by atoms with E-state index in [4.69, 9.17) is 20.3 Å². The molecule has 30 heteroatoms. The molecule has 0 bridgehead atoms. The normalized spacial score (nSPS) is 29.5. The van der Waals surface area contributed by atoms with E-state index in [0.717, 1.165) is 77.0 Å². The Balaban J connectivity index is 0.912. The zero-order valence-electron chi connectivity index (χ0n) is 54.9. The Kier molecular flexibility index (Phi) is 25.8. The highest BCUT2D eigenvalue weighted by Crippen LogP contribution is 2.43. The number of β-amino-alcohol motifs (C(OH)–C–C–N with tert-alkyl or cyclic N) is 1. The molecule has 530 valence electrons. The fraction of sp³-hybridized carbons (Fsp3) is 0.682. The van der Waals surface area contributed by atoms with Gasteiger partial charge in [0.25, 0.3) is 0 Å². The van der Waals surface area contributed by atoms with Crippen LogP contribution in [-0.2, 0) is 44.7 Å². The lowest BCUT2D eigenvalue weighted by Gasteiger charge is -2.47. The molecule has 96 heavy (non-hydrogen) atoms. The van der Waals surface area contributed by atoms with Crippen molar-refractivity contribution in [2.45, 2.75) is 195 Å². The smallest absolute Gasteiger partial charge is 0.248 e. The number of aromatic nitrogens is 2. The van der Waals surface area contributed by atoms with E-state index in [1.54, 1.807) is 11.3 Å². The van der Waals surface area contributed by atoms with Crippen molar-refractivity contribution in [3.05, 3.63) is 53.0 Å². The van der Waals surface area contributed by atoms with E-state index in [9.17, 15) is 69.3 Å². The molecule has 7 amide bonds. The van der Waals surface area contributed by atoms with Crippen LogP contribution in [0.2, 0.25) is 0 Å². The van der Waals surface area contributed by atoms with E-state index < -0.39 is 152 Å². The minimum atomic E-state index is -2.14. The highest BCUT2D eigenvalue weighted by molar-refractivity contribution is 7.14. The molecule has 0 radical (unpaired) electrons. The number of carbonyl (C=O) groups is 7. The largest absolute Gasteiger partial charge is 0.504 e. The minimum absolute atomic E-state index is 0.0222. The lowest BCUT2D eigenvalue weighted by atomic mass is 9.72. The van der Waals surface area contributed by atoms with Gasteiger partial charge in [0, 0.05) is 88.9 Å². The van der Waals surface area contributed by atoms with Crippen LogP contribution < -0.4 is 47.3 Å². The molecule has 6 aliphatic rings. The summed E-state index contributed by atoms with van der Waals surface area (Å²) in [7, 11) is 1.88. The van der Waals surface area contributed by atoms with Gasteiger partial charge in [-0.3, -0.25) is 33.6 Å². The summed E-state index contributed by atoms with van der Waals surface area (Å²) in [6, 6.07) is 1.84. The predicted octanol–water partition coefficient (Wildman–Crippen LogP) is -1.61. The molecule has 9 rings (SSSR count). The maximum Gasteiger partial charge on any atom is 0.248 e. The Morgan fingerprint density at radius 2 is 1.48 bits per heavy atom. The van der Waals surface area contributed by atoms with E-state index >= 15 is 0 Å². The first-order chi connectivity index (χ1) is 46.0. The molecule has 2 aromatic carbocycles. The maximum absolute atomic E-state index is 14.8. The van der Waals surface area contributed by atoms with Gasteiger partial charge in [0.15, 0.2) is 11.5 Å². The SMILES string of the molecule is COC1(C2CCCCC2)CCN(c2ccc(-c3nnc(C4CCC(CN[C@H]5C[C@@H](O)CNC(=O)[C@@H]6[C@@H](O)[C@@H](C)CN6C(=O)[C@H]([C@H](O)CC(N)=O)NC(=O)[C@H]([C@H](O)Cc6ccc(O)c(OCCNCCO)c6)NC(=O)[C@@H]6C[C@@H](O)CN6C(=O)[C@H]([C@@H](C)O)NC5=O)CC4)s3)cc2)CC1. The van der Waals surface area contributed by atoms with Crippen molar-refractivity contribution in [2.75, 3.05) is 77.6 Å². The number of nitrogens with one attached hydrogen (secondary N) is 6. The number of carbonyl (C=O) groups excluding carboxylic acids is 7. The third-order valence-electron chi connectivity index (χ3n) is 20.3. The molecule has 13 atom stereocenters. The fourth-order valence-electron chi connectivity index (χ4n) is 14.7. The number of aliphatic hydroxyl groups is 7. The second kappa shape index (κ2) is 33.7. The molecular formula is C66H98N12O17S. The van der Waals surface area contributed by atoms with E-state index in [0.29, 0.717) is 5.92 Å². The minimum Gasteiger partial charge on any atom is -0.504 e. The summed E-state index contributed by atoms with van der Waals surface area (Å²) < 4.78 is 12.0. The van der Waals surface area contributed by atoms with Crippen LogP contribution in [0.5, 0.6) is 11.5 Å². The zero-order valence-corrected chi connectivity index (χ0v) is 55.7. The monoisotopic (exact) mass is 1360 g/mol. The number of amides is 7. The van der Waals surface area contributed by atoms with E-state index in [2.05, 4.69) is 71.3 Å². The number of piperidine rings is 1. The van der Waals surface area contributed by atoms with Gasteiger partial charge in [-0.25, -0.2) is 0 Å². The van der Waals surface area contributed by atoms with E-state index in [-0.39, 0.29) is 80.3 Å². The third kappa shape index (κ3) is 18.1. The number of rotatable bonds is 21. The van der Waals surface area contributed by atoms with E-state index in [1.807, 2.05) is 7.11 Å². The van der Waals surface area contributed by atoms with Gasteiger partial charge in [0.05, 0.1) is 61.3 Å². The Bertz CT molecular complexity index is 3120. The maximum atomic E-state index is 14.8. The number of anilines is 1. The van der Waals surface area contributed by atoms with Gasteiger partial charge in [-0.05, 0) is 125 Å². The van der Waals surface area contributed by atoms with Crippen LogP contribution in [0.1, 0.15) is 120 Å². The molecule has 0 spiro atoms. The number of nitrogens with zero attached hydrogens (tertiary/aromatic N) is 5. The van der Waals surface area contributed by atoms with Crippen molar-refractivity contribution in [3.63, 3.8) is 0 Å². The lowest BCUT2D eigenvalue weighted by Crippen LogP contribution is -2.64. The van der Waals surface area contributed by atoms with Crippen molar-refractivity contribution in [3.8, 4) is 22.1 Å². The standard InChI is InChI=1S/C66H98N12O17S/c1-36-34-78-56(57(36)87)61(91)70-33-44(81)29-46(69-32-38-9-12-40(13-10-38)62-74-75-63(96-62)41-14-16-43(17-15-41)76-23-19-66(94-3,20-24-76)42-7-5-4-6-8-42)58(88)71-53(37(2)80)64(92)77-35-45(82)30-47(77)59(89)72-54(60(90)73-55(65(78)93)50(85)31-52(67)86)49(84)27-39-11-18-48(83)51(28-39)95-26-22-68-21-25-79/h11,14-18,28,36-38,40,42,44-47,49-50,53-57,68-69,79-85,87H,4-10,12-13,19-27,29-35H2,1-3H3,(H2,67,86)(H,70,91)(H,71,88)(H,72,89)(H,73,90)/t36-,37+,38?,40?,44+,45+,46-,47-,49+,50+,53-,54-,55-,56-,57-/m0/s1. The predicted molar refractivity (Wildman–Crippen MR) is 351 cm³/mol. The molecule has 3 aromatic rings. The van der Waals surface area contributed by atoms with Gasteiger partial charge in [0.2, 0.25) is 41.4 Å². The topological polar surface area (TPSA) is 433 Å². The molecule has 4 aliphatic heterocycles. The quantitative estimate of drug-likeness (QED) is 0.0534. The summed E-state index contributed by atoms with van der Waals surface area (Å²) in [6.07, 6.45) is -1.01. The highest BCUT2D eigenvalue weighted by Gasteiger charge is 2.50. The van der Waals surface area contributed by atoms with Crippen LogP contribution in [0.3, 0.4) is 0 Å². The lowest BCUT2D eigenvalue weighted by molar-refractivity contribution is -0.147. The second-order valence-electron chi connectivity index (χ2n) is 27.0. The van der Waals surface area contributed by atoms with Crippen LogP contribution in [-0.4, -0.2) is 253 Å². The second-order valence-corrected chi connectivity index (χ2v) is 28.0. The number of aromatic hydroxyl groups is 1. The first-order valence-corrected chi connectivity index (χ1v) is 34.7. The first kappa shape index (κ1) is 73.5. The molecule has 16 N–H and O–H groups in total. The van der Waals surface area contributed by atoms with Crippen LogP contribution in [0, 0.1) is 17.8 Å². The van der Waals surface area contributed by atoms with Crippen molar-refractivity contribution in [1.82, 2.24) is 51.9 Å². The number of hydrogen-bond donors (Lipinski definition) is 15. The van der Waals surface area contributed by atoms with Gasteiger partial charge < -0.3 is 103 Å². The van der Waals surface area contributed by atoms with E-state index in [1.165, 1.54) is 69.8 Å². The molecular weight excluding hydrogens is 1260 g/mol. The number of fused-ring (bicyclic) bond motifs is 2. The summed E-state index contributed by atoms with van der Waals surface area (Å²) in [4.78, 5) is 104. The molecule has 29 nitrogen and oxygen atoms in total. The Morgan fingerprint density at radius 3 is 2.16 bits per heavy atom. The average Bonchev–Trinajstić information content (AvgIpc) is 1.45. The van der Waals surface area contributed by atoms with Crippen LogP contribution in [0.25, 0.3) is 10.6 Å². The number of methoxy groups -OCH3 is 1. The number of aliphatic hydroxyl groups excluding tert-OH is 7. The number of benzene rings is 2. The van der Waals surface area contributed by atoms with Crippen molar-refractivity contribution < 1.29 is 83.9 Å². The van der Waals surface area contributed by atoms with Gasteiger partial charge in [-0.2, -0.15) is 0 Å². The number of ether oxygens (including phenoxy) is 2. The fourth-order valence-corrected chi connectivity index (χ4v) is 15.7.